The molecule has 0 saturated heterocycles. The molecule has 2 N–H and O–H groups in total. The molecule has 0 bridgehead atoms. The molecule has 0 unspecified atom stereocenters. The molecule has 2 aromatic heterocycles. The van der Waals surface area contributed by atoms with Crippen molar-refractivity contribution in [2.45, 2.75) is 0 Å². The molecule has 2 aromatic carbocycles. The Balaban J connectivity index is 1.62. The molecule has 7 nitrogen and oxygen atoms in total. The minimum Gasteiger partial charge on any atom is -0.322 e. The van der Waals surface area contributed by atoms with Crippen LogP contribution in [0.4, 0.5) is 10.1 Å². The molecule has 4 rings (SSSR count). The number of aromatic nitrogens is 5. The third-order valence-electron chi connectivity index (χ3n) is 3.59. The van der Waals surface area contributed by atoms with Gasteiger partial charge in [-0.2, -0.15) is 10.2 Å². The van der Waals surface area contributed by atoms with Crippen LogP contribution in [-0.4, -0.2) is 30.9 Å². The number of anilines is 1. The van der Waals surface area contributed by atoms with Crippen LogP contribution in [0.3, 0.4) is 0 Å². The molecule has 1 amide bonds. The average Bonchev–Trinajstić information content (AvgIpc) is 3.26. The lowest BCUT2D eigenvalue weighted by Crippen LogP contribution is -2.13. The quantitative estimate of drug-likeness (QED) is 0.606. The maximum absolute atomic E-state index is 14.2. The standard InChI is InChI=1S/C16H11FN6O/c17-13-6-11(4-5-14(13)23-9-18-8-20-23)21-16(24)12-3-1-2-10-7-19-22-15(10)12/h1-9H,(H,19,22)(H,21,24). The number of hydrogen-bond acceptors (Lipinski definition) is 4. The summed E-state index contributed by atoms with van der Waals surface area (Å²) in [5.74, 6) is -0.865. The lowest BCUT2D eigenvalue weighted by molar-refractivity contribution is 0.102. The normalized spacial score (nSPS) is 10.9. The van der Waals surface area contributed by atoms with E-state index < -0.39 is 5.82 Å². The van der Waals surface area contributed by atoms with Gasteiger partial charge in [-0.3, -0.25) is 9.89 Å². The highest BCUT2D eigenvalue weighted by atomic mass is 19.1. The van der Waals surface area contributed by atoms with E-state index in [0.717, 1.165) is 5.39 Å². The Bertz CT molecular complexity index is 1020. The van der Waals surface area contributed by atoms with Gasteiger partial charge in [0.2, 0.25) is 0 Å². The van der Waals surface area contributed by atoms with Crippen molar-refractivity contribution in [1.82, 2.24) is 25.0 Å². The number of para-hydroxylation sites is 1. The van der Waals surface area contributed by atoms with Gasteiger partial charge in [0.05, 0.1) is 17.3 Å². The number of nitrogens with zero attached hydrogens (tertiary/aromatic N) is 4. The van der Waals surface area contributed by atoms with Gasteiger partial charge in [-0.05, 0) is 24.3 Å². The van der Waals surface area contributed by atoms with Gasteiger partial charge in [0.15, 0.2) is 5.82 Å². The van der Waals surface area contributed by atoms with Crippen LogP contribution in [0.15, 0.2) is 55.2 Å². The van der Waals surface area contributed by atoms with Crippen LogP contribution in [0, 0.1) is 5.82 Å². The van der Waals surface area contributed by atoms with Gasteiger partial charge < -0.3 is 5.32 Å². The summed E-state index contributed by atoms with van der Waals surface area (Å²) in [4.78, 5) is 16.2. The first-order valence-electron chi connectivity index (χ1n) is 7.10. The largest absolute Gasteiger partial charge is 0.322 e. The second-order valence-electron chi connectivity index (χ2n) is 5.10. The zero-order valence-corrected chi connectivity index (χ0v) is 12.3. The van der Waals surface area contributed by atoms with E-state index in [9.17, 15) is 9.18 Å². The van der Waals surface area contributed by atoms with Gasteiger partial charge in [0.25, 0.3) is 5.91 Å². The van der Waals surface area contributed by atoms with Gasteiger partial charge in [-0.25, -0.2) is 14.1 Å². The van der Waals surface area contributed by atoms with Crippen LogP contribution in [-0.2, 0) is 0 Å². The Morgan fingerprint density at radius 2 is 2.17 bits per heavy atom. The first-order chi connectivity index (χ1) is 11.7. The molecule has 118 valence electrons. The SMILES string of the molecule is O=C(Nc1ccc(-n2cncn2)c(F)c1)c1cccc2cn[nH]c12. The molecule has 2 heterocycles. The highest BCUT2D eigenvalue weighted by molar-refractivity contribution is 6.11. The van der Waals surface area contributed by atoms with Crippen molar-refractivity contribution in [1.29, 1.82) is 0 Å². The Hall–Kier alpha value is -3.55. The van der Waals surface area contributed by atoms with E-state index >= 15 is 0 Å². The Kier molecular flexibility index (Phi) is 3.27. The first-order valence-corrected chi connectivity index (χ1v) is 7.10. The fraction of sp³-hybridized carbons (Fsp3) is 0. The van der Waals surface area contributed by atoms with Gasteiger partial charge in [0, 0.05) is 11.1 Å². The molecule has 0 fully saturated rings. The minimum atomic E-state index is -0.516. The highest BCUT2D eigenvalue weighted by Crippen LogP contribution is 2.20. The molecule has 0 aliphatic carbocycles. The summed E-state index contributed by atoms with van der Waals surface area (Å²) >= 11 is 0. The molecule has 0 atom stereocenters. The van der Waals surface area contributed by atoms with Crippen molar-refractivity contribution >= 4 is 22.5 Å². The minimum absolute atomic E-state index is 0.251. The number of carbonyl (C=O) groups is 1. The number of fused-ring (bicyclic) bond motifs is 1. The topological polar surface area (TPSA) is 88.5 Å². The van der Waals surface area contributed by atoms with Crippen LogP contribution < -0.4 is 5.32 Å². The molecule has 0 radical (unpaired) electrons. The van der Waals surface area contributed by atoms with E-state index in [1.807, 2.05) is 6.07 Å². The number of aromatic amines is 1. The molecular weight excluding hydrogens is 311 g/mol. The molecular formula is C16H11FN6O. The van der Waals surface area contributed by atoms with Crippen molar-refractivity contribution in [2.24, 2.45) is 0 Å². The van der Waals surface area contributed by atoms with Crippen LogP contribution >= 0.6 is 0 Å². The number of halogens is 1. The van der Waals surface area contributed by atoms with E-state index in [1.165, 1.54) is 29.5 Å². The van der Waals surface area contributed by atoms with Crippen molar-refractivity contribution < 1.29 is 9.18 Å². The zero-order chi connectivity index (χ0) is 16.5. The van der Waals surface area contributed by atoms with E-state index in [0.29, 0.717) is 16.8 Å². The first kappa shape index (κ1) is 14.1. The third-order valence-corrected chi connectivity index (χ3v) is 3.59. The van der Waals surface area contributed by atoms with Crippen LogP contribution in [0.2, 0.25) is 0 Å². The Labute approximate surface area is 135 Å². The molecule has 0 saturated carbocycles. The monoisotopic (exact) mass is 322 g/mol. The van der Waals surface area contributed by atoms with Crippen molar-refractivity contribution in [3.8, 4) is 5.69 Å². The molecule has 0 aliphatic heterocycles. The second-order valence-corrected chi connectivity index (χ2v) is 5.10. The predicted octanol–water partition coefficient (Wildman–Crippen LogP) is 2.54. The maximum Gasteiger partial charge on any atom is 0.257 e. The summed E-state index contributed by atoms with van der Waals surface area (Å²) in [5, 5.41) is 14.1. The van der Waals surface area contributed by atoms with Crippen LogP contribution in [0.25, 0.3) is 16.6 Å². The fourth-order valence-electron chi connectivity index (χ4n) is 2.46. The summed E-state index contributed by atoms with van der Waals surface area (Å²) in [6, 6.07) is 9.66. The summed E-state index contributed by atoms with van der Waals surface area (Å²) < 4.78 is 15.5. The zero-order valence-electron chi connectivity index (χ0n) is 12.3. The molecule has 24 heavy (non-hydrogen) atoms. The van der Waals surface area contributed by atoms with Crippen molar-refractivity contribution in [3.05, 3.63) is 66.6 Å². The number of benzene rings is 2. The maximum atomic E-state index is 14.2. The summed E-state index contributed by atoms with van der Waals surface area (Å²) in [7, 11) is 0. The van der Waals surface area contributed by atoms with E-state index in [-0.39, 0.29) is 11.6 Å². The molecule has 0 aliphatic rings. The predicted molar refractivity (Wildman–Crippen MR) is 85.4 cm³/mol. The number of nitrogens with one attached hydrogen (secondary N) is 2. The van der Waals surface area contributed by atoms with E-state index in [2.05, 4.69) is 25.6 Å². The fourth-order valence-corrected chi connectivity index (χ4v) is 2.46. The van der Waals surface area contributed by atoms with Crippen LogP contribution in [0.1, 0.15) is 10.4 Å². The number of H-pyrrole nitrogens is 1. The van der Waals surface area contributed by atoms with Gasteiger partial charge in [-0.1, -0.05) is 12.1 Å². The lowest BCUT2D eigenvalue weighted by Gasteiger charge is -2.08. The van der Waals surface area contributed by atoms with Crippen LogP contribution in [0.5, 0.6) is 0 Å². The highest BCUT2D eigenvalue weighted by Gasteiger charge is 2.13. The summed E-state index contributed by atoms with van der Waals surface area (Å²) in [5.41, 5.74) is 1.67. The second kappa shape index (κ2) is 5.58. The molecule has 8 heteroatoms. The summed E-state index contributed by atoms with van der Waals surface area (Å²) in [6.07, 6.45) is 4.36. The number of rotatable bonds is 3. The number of amides is 1. The third kappa shape index (κ3) is 2.39. The average molecular weight is 322 g/mol. The molecule has 0 spiro atoms. The Morgan fingerprint density at radius 3 is 2.96 bits per heavy atom. The van der Waals surface area contributed by atoms with Gasteiger partial charge in [0.1, 0.15) is 18.3 Å². The van der Waals surface area contributed by atoms with Gasteiger partial charge >= 0.3 is 0 Å². The Morgan fingerprint density at radius 1 is 1.25 bits per heavy atom. The number of carbonyl (C=O) groups excluding carboxylic acids is 1. The van der Waals surface area contributed by atoms with E-state index in [1.54, 1.807) is 24.4 Å². The van der Waals surface area contributed by atoms with E-state index in [4.69, 9.17) is 0 Å². The smallest absolute Gasteiger partial charge is 0.257 e. The summed E-state index contributed by atoms with van der Waals surface area (Å²) in [6.45, 7) is 0. The lowest BCUT2D eigenvalue weighted by atomic mass is 10.1. The van der Waals surface area contributed by atoms with Crippen molar-refractivity contribution in [2.75, 3.05) is 5.32 Å². The van der Waals surface area contributed by atoms with Gasteiger partial charge in [-0.15, -0.1) is 0 Å². The van der Waals surface area contributed by atoms with Crippen molar-refractivity contribution in [3.63, 3.8) is 0 Å². The number of hydrogen-bond donors (Lipinski definition) is 2. The molecule has 4 aromatic rings.